The maximum Gasteiger partial charge on any atom is 0.339 e. The van der Waals surface area contributed by atoms with Gasteiger partial charge >= 0.3 is 5.97 Å². The summed E-state index contributed by atoms with van der Waals surface area (Å²) in [6, 6.07) is 17.0. The second-order valence-corrected chi connectivity index (χ2v) is 7.56. The van der Waals surface area contributed by atoms with E-state index < -0.39 is 12.1 Å². The molecule has 2 aliphatic heterocycles. The van der Waals surface area contributed by atoms with E-state index in [1.54, 1.807) is 17.0 Å². The lowest BCUT2D eigenvalue weighted by atomic mass is 9.94. The summed E-state index contributed by atoms with van der Waals surface area (Å²) in [5.74, 6) is -0.687. The van der Waals surface area contributed by atoms with Gasteiger partial charge in [0.2, 0.25) is 5.91 Å². The van der Waals surface area contributed by atoms with Crippen molar-refractivity contribution in [3.63, 3.8) is 0 Å². The van der Waals surface area contributed by atoms with Crippen LogP contribution >= 0.6 is 0 Å². The molecule has 29 heavy (non-hydrogen) atoms. The fraction of sp³-hybridized carbons (Fsp3) is 0.348. The van der Waals surface area contributed by atoms with Gasteiger partial charge in [0, 0.05) is 32.0 Å². The van der Waals surface area contributed by atoms with Crippen LogP contribution in [0.3, 0.4) is 0 Å². The van der Waals surface area contributed by atoms with Gasteiger partial charge in [0.1, 0.15) is 0 Å². The molecule has 4 rings (SSSR count). The number of cyclic esters (lactones) is 1. The van der Waals surface area contributed by atoms with Crippen molar-refractivity contribution in [2.24, 2.45) is 5.92 Å². The van der Waals surface area contributed by atoms with Crippen molar-refractivity contribution < 1.29 is 19.1 Å². The molecule has 0 radical (unpaired) electrons. The summed E-state index contributed by atoms with van der Waals surface area (Å²) in [4.78, 5) is 39.2. The van der Waals surface area contributed by atoms with Crippen molar-refractivity contribution in [1.29, 1.82) is 0 Å². The highest BCUT2D eigenvalue weighted by atomic mass is 16.5. The first-order valence-electron chi connectivity index (χ1n) is 10.0. The smallest absolute Gasteiger partial charge is 0.339 e. The largest absolute Gasteiger partial charge is 0.448 e. The topological polar surface area (TPSA) is 75.7 Å². The Morgan fingerprint density at radius 3 is 2.45 bits per heavy atom. The molecule has 0 aromatic heterocycles. The highest BCUT2D eigenvalue weighted by Crippen LogP contribution is 2.24. The van der Waals surface area contributed by atoms with Crippen molar-refractivity contribution >= 4 is 17.8 Å². The lowest BCUT2D eigenvalue weighted by molar-refractivity contribution is -0.144. The van der Waals surface area contributed by atoms with Crippen LogP contribution in [0.5, 0.6) is 0 Å². The molecule has 0 aliphatic carbocycles. The summed E-state index contributed by atoms with van der Waals surface area (Å²) in [5, 5.41) is 2.98. The molecule has 0 unspecified atom stereocenters. The summed E-state index contributed by atoms with van der Waals surface area (Å²) in [6.45, 7) is 1.51. The van der Waals surface area contributed by atoms with Crippen molar-refractivity contribution in [3.8, 4) is 0 Å². The molecule has 0 bridgehead atoms. The van der Waals surface area contributed by atoms with E-state index in [2.05, 4.69) is 5.32 Å². The summed E-state index contributed by atoms with van der Waals surface area (Å²) in [6.07, 6.45) is 0.853. The first-order valence-corrected chi connectivity index (χ1v) is 10.0. The van der Waals surface area contributed by atoms with Crippen LogP contribution < -0.4 is 5.32 Å². The number of fused-ring (bicyclic) bond motifs is 1. The summed E-state index contributed by atoms with van der Waals surface area (Å²) in [5.41, 5.74) is 2.44. The molecule has 2 aromatic carbocycles. The van der Waals surface area contributed by atoms with Crippen molar-refractivity contribution in [2.45, 2.75) is 31.9 Å². The zero-order chi connectivity index (χ0) is 20.2. The summed E-state index contributed by atoms with van der Waals surface area (Å²) in [7, 11) is 0. The van der Waals surface area contributed by atoms with Gasteiger partial charge in [-0.2, -0.15) is 0 Å². The number of ether oxygens (including phenoxy) is 1. The second kappa shape index (κ2) is 8.47. The molecule has 1 fully saturated rings. The zero-order valence-corrected chi connectivity index (χ0v) is 16.2. The van der Waals surface area contributed by atoms with Gasteiger partial charge in [-0.3, -0.25) is 9.59 Å². The normalized spacial score (nSPS) is 19.2. The van der Waals surface area contributed by atoms with E-state index in [-0.39, 0.29) is 17.7 Å². The number of nitrogens with zero attached hydrogens (tertiary/aromatic N) is 1. The number of likely N-dealkylation sites (tertiary alicyclic amines) is 1. The third kappa shape index (κ3) is 4.31. The van der Waals surface area contributed by atoms with Gasteiger partial charge in [0.15, 0.2) is 6.10 Å². The van der Waals surface area contributed by atoms with Crippen LogP contribution in [0.25, 0.3) is 0 Å². The Hall–Kier alpha value is -3.15. The van der Waals surface area contributed by atoms with Crippen molar-refractivity contribution in [2.75, 3.05) is 13.1 Å². The van der Waals surface area contributed by atoms with Crippen LogP contribution in [0.1, 0.15) is 34.3 Å². The van der Waals surface area contributed by atoms with Gasteiger partial charge in [-0.05, 0) is 30.0 Å². The van der Waals surface area contributed by atoms with Crippen LogP contribution in [0.4, 0.5) is 0 Å². The maximum atomic E-state index is 12.8. The Morgan fingerprint density at radius 1 is 1.00 bits per heavy atom. The molecular weight excluding hydrogens is 368 g/mol. The molecule has 1 atom stereocenters. The molecule has 6 nitrogen and oxygen atoms in total. The number of benzene rings is 2. The van der Waals surface area contributed by atoms with Crippen LogP contribution in [-0.4, -0.2) is 41.9 Å². The first-order chi connectivity index (χ1) is 14.1. The van der Waals surface area contributed by atoms with E-state index in [9.17, 15) is 14.4 Å². The lowest BCUT2D eigenvalue weighted by Gasteiger charge is -2.34. The average molecular weight is 392 g/mol. The lowest BCUT2D eigenvalue weighted by Crippen LogP contribution is -2.49. The predicted molar refractivity (Wildman–Crippen MR) is 107 cm³/mol. The fourth-order valence-electron chi connectivity index (χ4n) is 3.96. The van der Waals surface area contributed by atoms with Crippen LogP contribution in [0.15, 0.2) is 54.6 Å². The molecule has 0 spiro atoms. The number of amides is 2. The first kappa shape index (κ1) is 19.2. The minimum atomic E-state index is -0.777. The van der Waals surface area contributed by atoms with E-state index in [0.717, 1.165) is 11.1 Å². The molecule has 1 saturated heterocycles. The fourth-order valence-corrected chi connectivity index (χ4v) is 3.96. The van der Waals surface area contributed by atoms with Crippen molar-refractivity contribution in [3.05, 3.63) is 71.3 Å². The third-order valence-corrected chi connectivity index (χ3v) is 5.65. The van der Waals surface area contributed by atoms with Gasteiger partial charge in [-0.15, -0.1) is 0 Å². The van der Waals surface area contributed by atoms with Crippen LogP contribution in [0.2, 0.25) is 0 Å². The van der Waals surface area contributed by atoms with Gasteiger partial charge in [-0.1, -0.05) is 48.5 Å². The molecule has 2 heterocycles. The minimum absolute atomic E-state index is 0.0268. The van der Waals surface area contributed by atoms with E-state index in [1.807, 2.05) is 42.5 Å². The highest BCUT2D eigenvalue weighted by Gasteiger charge is 2.36. The molecule has 150 valence electrons. The average Bonchev–Trinajstić information content (AvgIpc) is 2.78. The number of hydrogen-bond donors (Lipinski definition) is 1. The molecule has 1 N–H and O–H groups in total. The molecule has 6 heteroatoms. The quantitative estimate of drug-likeness (QED) is 0.811. The van der Waals surface area contributed by atoms with Gasteiger partial charge in [-0.25, -0.2) is 4.79 Å². The minimum Gasteiger partial charge on any atom is -0.448 e. The number of nitrogens with one attached hydrogen (secondary N) is 1. The van der Waals surface area contributed by atoms with Gasteiger partial charge in [0.25, 0.3) is 5.91 Å². The monoisotopic (exact) mass is 392 g/mol. The molecule has 0 saturated carbocycles. The summed E-state index contributed by atoms with van der Waals surface area (Å²) < 4.78 is 5.38. The number of carbonyl (C=O) groups excluding carboxylic acids is 3. The Bertz CT molecular complexity index is 904. The third-order valence-electron chi connectivity index (χ3n) is 5.65. The SMILES string of the molecule is O=C1O[C@@H](C(=O)N2CCC(C(=O)NCc3ccccc3)CC2)Cc2ccccc21. The predicted octanol–water partition coefficient (Wildman–Crippen LogP) is 2.32. The Morgan fingerprint density at radius 2 is 1.69 bits per heavy atom. The van der Waals surface area contributed by atoms with Gasteiger partial charge in [0.05, 0.1) is 5.56 Å². The second-order valence-electron chi connectivity index (χ2n) is 7.56. The number of carbonyl (C=O) groups is 3. The number of esters is 1. The highest BCUT2D eigenvalue weighted by molar-refractivity contribution is 5.95. The van der Waals surface area contributed by atoms with E-state index in [4.69, 9.17) is 4.74 Å². The Kier molecular flexibility index (Phi) is 5.60. The number of hydrogen-bond acceptors (Lipinski definition) is 4. The van der Waals surface area contributed by atoms with Crippen LogP contribution in [0, 0.1) is 5.92 Å². The van der Waals surface area contributed by atoms with Crippen molar-refractivity contribution in [1.82, 2.24) is 10.2 Å². The standard InChI is InChI=1S/C23H24N2O4/c26-21(24-15-16-6-2-1-3-7-16)17-10-12-25(13-11-17)22(27)20-14-18-8-4-5-9-19(18)23(28)29-20/h1-9,17,20H,10-15H2,(H,24,26)/t20-/m1/s1. The van der Waals surface area contributed by atoms with E-state index >= 15 is 0 Å². The number of rotatable bonds is 4. The molecule has 2 aliphatic rings. The maximum absolute atomic E-state index is 12.8. The van der Waals surface area contributed by atoms with E-state index in [1.165, 1.54) is 0 Å². The molecule has 2 aromatic rings. The molecule has 2 amide bonds. The zero-order valence-electron chi connectivity index (χ0n) is 16.2. The Labute approximate surface area is 169 Å². The summed E-state index contributed by atoms with van der Waals surface area (Å²) >= 11 is 0. The molecular formula is C23H24N2O4. The van der Waals surface area contributed by atoms with Crippen LogP contribution in [-0.2, 0) is 27.3 Å². The Balaban J connectivity index is 1.29. The van der Waals surface area contributed by atoms with Gasteiger partial charge < -0.3 is 15.0 Å². The number of piperidine rings is 1. The van der Waals surface area contributed by atoms with E-state index in [0.29, 0.717) is 44.5 Å².